The fourth-order valence-electron chi connectivity index (χ4n) is 2.60. The number of aliphatic imine (C=N–C) groups is 1. The first-order chi connectivity index (χ1) is 12.1. The lowest BCUT2D eigenvalue weighted by molar-refractivity contribution is 0.400. The molecule has 2 rings (SSSR count). The predicted molar refractivity (Wildman–Crippen MR) is 118 cm³/mol. The molecule has 0 amide bonds. The molecule has 26 heavy (non-hydrogen) atoms. The molecule has 142 valence electrons. The van der Waals surface area contributed by atoms with Gasteiger partial charge in [-0.3, -0.25) is 4.99 Å². The van der Waals surface area contributed by atoms with E-state index in [0.717, 1.165) is 37.6 Å². The highest BCUT2D eigenvalue weighted by Gasteiger charge is 2.04. The summed E-state index contributed by atoms with van der Waals surface area (Å²) in [5.41, 5.74) is 3.67. The van der Waals surface area contributed by atoms with E-state index in [0.29, 0.717) is 0 Å². The lowest BCUT2D eigenvalue weighted by atomic mass is 10.1. The van der Waals surface area contributed by atoms with Crippen LogP contribution in [0, 0.1) is 5.82 Å². The Bertz CT molecular complexity index is 686. The highest BCUT2D eigenvalue weighted by atomic mass is 127. The van der Waals surface area contributed by atoms with Gasteiger partial charge in [-0.1, -0.05) is 36.4 Å². The van der Waals surface area contributed by atoms with E-state index in [2.05, 4.69) is 58.9 Å². The van der Waals surface area contributed by atoms with Crippen LogP contribution in [0.4, 0.5) is 4.39 Å². The molecule has 0 radical (unpaired) electrons. The zero-order chi connectivity index (χ0) is 18.1. The molecule has 0 saturated heterocycles. The van der Waals surface area contributed by atoms with Crippen LogP contribution in [0.15, 0.2) is 53.5 Å². The molecular weight excluding hydrogens is 442 g/mol. The summed E-state index contributed by atoms with van der Waals surface area (Å²) in [5.74, 6) is 0.562. The van der Waals surface area contributed by atoms with E-state index in [1.165, 1.54) is 23.3 Å². The van der Waals surface area contributed by atoms with Crippen LogP contribution >= 0.6 is 24.0 Å². The van der Waals surface area contributed by atoms with Crippen molar-refractivity contribution in [1.82, 2.24) is 15.5 Å². The first-order valence-corrected chi connectivity index (χ1v) is 8.49. The van der Waals surface area contributed by atoms with Crippen molar-refractivity contribution in [2.45, 2.75) is 19.5 Å². The number of rotatable bonds is 7. The summed E-state index contributed by atoms with van der Waals surface area (Å²) in [6, 6.07) is 15.0. The number of nitrogens with one attached hydrogen (secondary N) is 2. The molecule has 0 atom stereocenters. The molecule has 0 bridgehead atoms. The van der Waals surface area contributed by atoms with Crippen molar-refractivity contribution in [2.24, 2.45) is 4.99 Å². The highest BCUT2D eigenvalue weighted by molar-refractivity contribution is 14.0. The lowest BCUT2D eigenvalue weighted by Gasteiger charge is -2.16. The topological polar surface area (TPSA) is 39.7 Å². The molecule has 2 aromatic carbocycles. The van der Waals surface area contributed by atoms with Gasteiger partial charge in [0.1, 0.15) is 5.82 Å². The van der Waals surface area contributed by atoms with Crippen LogP contribution in [0.25, 0.3) is 0 Å². The Morgan fingerprint density at radius 1 is 1.00 bits per heavy atom. The van der Waals surface area contributed by atoms with Crippen molar-refractivity contribution in [3.05, 3.63) is 71.0 Å². The van der Waals surface area contributed by atoms with Gasteiger partial charge in [0, 0.05) is 26.7 Å². The van der Waals surface area contributed by atoms with Crippen molar-refractivity contribution >= 4 is 29.9 Å². The van der Waals surface area contributed by atoms with Crippen molar-refractivity contribution in [2.75, 3.05) is 27.7 Å². The second-order valence-electron chi connectivity index (χ2n) is 6.24. The Balaban J connectivity index is 0.00000338. The van der Waals surface area contributed by atoms with Gasteiger partial charge in [-0.05, 0) is 49.3 Å². The van der Waals surface area contributed by atoms with Crippen molar-refractivity contribution < 1.29 is 4.39 Å². The smallest absolute Gasteiger partial charge is 0.191 e. The van der Waals surface area contributed by atoms with Gasteiger partial charge in [-0.25, -0.2) is 4.39 Å². The molecule has 2 aromatic rings. The van der Waals surface area contributed by atoms with E-state index in [9.17, 15) is 4.39 Å². The normalized spacial score (nSPS) is 11.2. The first-order valence-electron chi connectivity index (χ1n) is 8.49. The lowest BCUT2D eigenvalue weighted by Crippen LogP contribution is -2.38. The number of hydrogen-bond donors (Lipinski definition) is 2. The maximum Gasteiger partial charge on any atom is 0.191 e. The molecule has 4 nitrogen and oxygen atoms in total. The molecule has 0 unspecified atom stereocenters. The van der Waals surface area contributed by atoms with Gasteiger partial charge in [-0.2, -0.15) is 0 Å². The summed E-state index contributed by atoms with van der Waals surface area (Å²) in [6.07, 6.45) is 0.818. The van der Waals surface area contributed by atoms with Crippen molar-refractivity contribution in [3.63, 3.8) is 0 Å². The standard InChI is InChI=1S/C20H27FN4.HI/c1-22-20(23-13-12-16-8-10-19(21)11-9-16)24-14-17-6-4-5-7-18(17)15-25(2)3;/h4-11H,12-15H2,1-3H3,(H2,22,23,24);1H. The molecule has 0 aromatic heterocycles. The van der Waals surface area contributed by atoms with Crippen molar-refractivity contribution in [3.8, 4) is 0 Å². The largest absolute Gasteiger partial charge is 0.356 e. The van der Waals surface area contributed by atoms with Gasteiger partial charge in [-0.15, -0.1) is 24.0 Å². The minimum atomic E-state index is -0.203. The zero-order valence-corrected chi connectivity index (χ0v) is 18.0. The number of nitrogens with zero attached hydrogens (tertiary/aromatic N) is 2. The third kappa shape index (κ3) is 7.70. The molecule has 6 heteroatoms. The Kier molecular flexibility index (Phi) is 10.2. The monoisotopic (exact) mass is 470 g/mol. The third-order valence-electron chi connectivity index (χ3n) is 3.89. The highest BCUT2D eigenvalue weighted by Crippen LogP contribution is 2.10. The Hall–Kier alpha value is -1.67. The van der Waals surface area contributed by atoms with Crippen LogP contribution in [0.5, 0.6) is 0 Å². The van der Waals surface area contributed by atoms with Crippen LogP contribution in [-0.4, -0.2) is 38.5 Å². The van der Waals surface area contributed by atoms with E-state index in [-0.39, 0.29) is 29.8 Å². The quantitative estimate of drug-likeness (QED) is 0.370. The molecule has 0 saturated carbocycles. The van der Waals surface area contributed by atoms with Gasteiger partial charge >= 0.3 is 0 Å². The summed E-state index contributed by atoms with van der Waals surface area (Å²) in [4.78, 5) is 6.42. The van der Waals surface area contributed by atoms with Gasteiger partial charge in [0.25, 0.3) is 0 Å². The Labute approximate surface area is 172 Å². The van der Waals surface area contributed by atoms with E-state index in [1.54, 1.807) is 7.05 Å². The number of halogens is 2. The number of guanidine groups is 1. The zero-order valence-electron chi connectivity index (χ0n) is 15.6. The van der Waals surface area contributed by atoms with Crippen LogP contribution < -0.4 is 10.6 Å². The molecule has 2 N–H and O–H groups in total. The minimum absolute atomic E-state index is 0. The Morgan fingerprint density at radius 3 is 2.27 bits per heavy atom. The number of benzene rings is 2. The van der Waals surface area contributed by atoms with E-state index in [1.807, 2.05) is 12.1 Å². The third-order valence-corrected chi connectivity index (χ3v) is 3.89. The second kappa shape index (κ2) is 11.9. The van der Waals surface area contributed by atoms with Gasteiger partial charge < -0.3 is 15.5 Å². The molecule has 0 heterocycles. The van der Waals surface area contributed by atoms with E-state index < -0.39 is 0 Å². The van der Waals surface area contributed by atoms with Gasteiger partial charge in [0.2, 0.25) is 0 Å². The van der Waals surface area contributed by atoms with Crippen LogP contribution in [0.3, 0.4) is 0 Å². The molecule has 0 aliphatic rings. The van der Waals surface area contributed by atoms with Crippen LogP contribution in [0.1, 0.15) is 16.7 Å². The molecular formula is C20H28FIN4. The van der Waals surface area contributed by atoms with Gasteiger partial charge in [0.15, 0.2) is 5.96 Å². The van der Waals surface area contributed by atoms with E-state index >= 15 is 0 Å². The fraction of sp³-hybridized carbons (Fsp3) is 0.350. The summed E-state index contributed by atoms with van der Waals surface area (Å²) in [6.45, 7) is 2.37. The molecule has 0 fully saturated rings. The summed E-state index contributed by atoms with van der Waals surface area (Å²) in [7, 11) is 5.90. The second-order valence-corrected chi connectivity index (χ2v) is 6.24. The average Bonchev–Trinajstić information content (AvgIpc) is 2.60. The molecule has 0 aliphatic carbocycles. The van der Waals surface area contributed by atoms with Crippen molar-refractivity contribution in [1.29, 1.82) is 0 Å². The van der Waals surface area contributed by atoms with E-state index in [4.69, 9.17) is 0 Å². The SMILES string of the molecule is CN=C(NCCc1ccc(F)cc1)NCc1ccccc1CN(C)C.I. The predicted octanol–water partition coefficient (Wildman–Crippen LogP) is 3.41. The average molecular weight is 470 g/mol. The van der Waals surface area contributed by atoms with Crippen LogP contribution in [-0.2, 0) is 19.5 Å². The first kappa shape index (κ1) is 22.4. The molecule has 0 aliphatic heterocycles. The van der Waals surface area contributed by atoms with Crippen LogP contribution in [0.2, 0.25) is 0 Å². The fourth-order valence-corrected chi connectivity index (χ4v) is 2.60. The molecule has 0 spiro atoms. The van der Waals surface area contributed by atoms with Gasteiger partial charge in [0.05, 0.1) is 0 Å². The summed E-state index contributed by atoms with van der Waals surface area (Å²) < 4.78 is 12.9. The maximum atomic E-state index is 12.9. The maximum absolute atomic E-state index is 12.9. The minimum Gasteiger partial charge on any atom is -0.356 e. The number of hydrogen-bond acceptors (Lipinski definition) is 2. The Morgan fingerprint density at radius 2 is 1.65 bits per heavy atom. The summed E-state index contributed by atoms with van der Waals surface area (Å²) in [5, 5.41) is 6.65. The summed E-state index contributed by atoms with van der Waals surface area (Å²) >= 11 is 0.